The van der Waals surface area contributed by atoms with Gasteiger partial charge in [-0.15, -0.1) is 5.10 Å². The van der Waals surface area contributed by atoms with E-state index in [2.05, 4.69) is 50.6 Å². The Morgan fingerprint density at radius 3 is 2.85 bits per heavy atom. The van der Waals surface area contributed by atoms with Gasteiger partial charge in [0.1, 0.15) is 5.75 Å². The van der Waals surface area contributed by atoms with Gasteiger partial charge >= 0.3 is 6.01 Å². The summed E-state index contributed by atoms with van der Waals surface area (Å²) < 4.78 is 11.7. The molecule has 0 spiro atoms. The number of nitrogens with zero attached hydrogens (tertiary/aromatic N) is 2. The minimum Gasteiger partial charge on any atom is -0.495 e. The van der Waals surface area contributed by atoms with Crippen molar-refractivity contribution in [3.63, 3.8) is 0 Å². The Bertz CT molecular complexity index is 571. The van der Waals surface area contributed by atoms with Crippen LogP contribution < -0.4 is 15.4 Å². The Morgan fingerprint density at radius 2 is 2.15 bits per heavy atom. The average Bonchev–Trinajstić information content (AvgIpc) is 2.84. The highest BCUT2D eigenvalue weighted by Gasteiger charge is 2.10. The monoisotopic (exact) mass is 340 g/mol. The number of aromatic nitrogens is 2. The molecule has 108 valence electrons. The van der Waals surface area contributed by atoms with E-state index in [1.807, 2.05) is 18.2 Å². The van der Waals surface area contributed by atoms with Crippen LogP contribution in [0.3, 0.4) is 0 Å². The Hall–Kier alpha value is -1.60. The van der Waals surface area contributed by atoms with Gasteiger partial charge in [0.25, 0.3) is 0 Å². The zero-order valence-corrected chi connectivity index (χ0v) is 13.2. The van der Waals surface area contributed by atoms with E-state index in [4.69, 9.17) is 9.15 Å². The lowest BCUT2D eigenvalue weighted by molar-refractivity contribution is 0.416. The van der Waals surface area contributed by atoms with Crippen LogP contribution in [-0.2, 0) is 6.54 Å². The van der Waals surface area contributed by atoms with Gasteiger partial charge in [0.2, 0.25) is 5.89 Å². The van der Waals surface area contributed by atoms with E-state index in [0.29, 0.717) is 30.2 Å². The van der Waals surface area contributed by atoms with E-state index >= 15 is 0 Å². The van der Waals surface area contributed by atoms with Gasteiger partial charge in [0.15, 0.2) is 0 Å². The lowest BCUT2D eigenvalue weighted by Gasteiger charge is -2.08. The fourth-order valence-corrected chi connectivity index (χ4v) is 1.92. The zero-order chi connectivity index (χ0) is 14.5. The molecule has 7 heteroatoms. The van der Waals surface area contributed by atoms with Crippen molar-refractivity contribution in [3.8, 4) is 5.75 Å². The number of hydrogen-bond acceptors (Lipinski definition) is 6. The van der Waals surface area contributed by atoms with Crippen LogP contribution in [0.25, 0.3) is 0 Å². The number of ether oxygens (including phenoxy) is 1. The first-order valence-corrected chi connectivity index (χ1v) is 7.04. The van der Waals surface area contributed by atoms with Crippen molar-refractivity contribution in [3.05, 3.63) is 28.6 Å². The maximum absolute atomic E-state index is 5.51. The highest BCUT2D eigenvalue weighted by Crippen LogP contribution is 2.30. The lowest BCUT2D eigenvalue weighted by atomic mass is 10.3. The summed E-state index contributed by atoms with van der Waals surface area (Å²) in [5, 5.41) is 14.2. The van der Waals surface area contributed by atoms with Gasteiger partial charge in [-0.05, 0) is 18.2 Å². The number of methoxy groups -OCH3 is 1. The van der Waals surface area contributed by atoms with Crippen molar-refractivity contribution < 1.29 is 9.15 Å². The molecular formula is C13H17BrN4O2. The van der Waals surface area contributed by atoms with Crippen molar-refractivity contribution in [2.75, 3.05) is 12.4 Å². The summed E-state index contributed by atoms with van der Waals surface area (Å²) in [5.74, 6) is 1.24. The van der Waals surface area contributed by atoms with Gasteiger partial charge < -0.3 is 19.8 Å². The van der Waals surface area contributed by atoms with Crippen LogP contribution in [0.5, 0.6) is 5.75 Å². The maximum atomic E-state index is 5.51. The molecule has 2 rings (SSSR count). The second kappa shape index (κ2) is 6.71. The van der Waals surface area contributed by atoms with Crippen LogP contribution in [-0.4, -0.2) is 23.3 Å². The third-order valence-electron chi connectivity index (χ3n) is 2.53. The van der Waals surface area contributed by atoms with Crippen molar-refractivity contribution in [2.24, 2.45) is 0 Å². The smallest absolute Gasteiger partial charge is 0.320 e. The normalized spacial score (nSPS) is 10.8. The summed E-state index contributed by atoms with van der Waals surface area (Å²) in [6.07, 6.45) is 0. The molecule has 20 heavy (non-hydrogen) atoms. The van der Waals surface area contributed by atoms with E-state index in [1.165, 1.54) is 0 Å². The van der Waals surface area contributed by atoms with Gasteiger partial charge in [0.05, 0.1) is 19.3 Å². The molecule has 0 amide bonds. The summed E-state index contributed by atoms with van der Waals surface area (Å²) in [4.78, 5) is 0. The van der Waals surface area contributed by atoms with Gasteiger partial charge in [-0.1, -0.05) is 34.9 Å². The summed E-state index contributed by atoms with van der Waals surface area (Å²) in [7, 11) is 1.61. The first-order valence-electron chi connectivity index (χ1n) is 6.25. The highest BCUT2D eigenvalue weighted by atomic mass is 79.9. The third-order valence-corrected chi connectivity index (χ3v) is 3.02. The number of nitrogens with one attached hydrogen (secondary N) is 2. The van der Waals surface area contributed by atoms with Crippen molar-refractivity contribution in [2.45, 2.75) is 26.4 Å². The number of benzene rings is 1. The number of anilines is 2. The molecule has 0 radical (unpaired) electrons. The standard InChI is InChI=1S/C13H17BrN4O2/c1-8(2)15-7-12-17-18-13(20-12)16-10-6-9(14)4-5-11(10)19-3/h4-6,8,15H,7H2,1-3H3,(H,16,18). The lowest BCUT2D eigenvalue weighted by Crippen LogP contribution is -2.21. The van der Waals surface area contributed by atoms with Gasteiger partial charge in [0, 0.05) is 10.5 Å². The summed E-state index contributed by atoms with van der Waals surface area (Å²) in [6, 6.07) is 6.33. The summed E-state index contributed by atoms with van der Waals surface area (Å²) in [6.45, 7) is 4.66. The summed E-state index contributed by atoms with van der Waals surface area (Å²) in [5.41, 5.74) is 0.758. The van der Waals surface area contributed by atoms with E-state index in [9.17, 15) is 0 Å². The summed E-state index contributed by atoms with van der Waals surface area (Å²) >= 11 is 3.41. The molecule has 0 fully saturated rings. The molecule has 1 aromatic carbocycles. The molecule has 2 N–H and O–H groups in total. The molecule has 0 aliphatic carbocycles. The molecule has 0 aliphatic rings. The van der Waals surface area contributed by atoms with Crippen molar-refractivity contribution >= 4 is 27.6 Å². The van der Waals surface area contributed by atoms with E-state index in [1.54, 1.807) is 7.11 Å². The predicted octanol–water partition coefficient (Wildman–Crippen LogP) is 3.08. The van der Waals surface area contributed by atoms with Gasteiger partial charge in [-0.25, -0.2) is 0 Å². The molecule has 0 saturated heterocycles. The maximum Gasteiger partial charge on any atom is 0.320 e. The van der Waals surface area contributed by atoms with Gasteiger partial charge in [-0.2, -0.15) is 0 Å². The van der Waals surface area contributed by atoms with E-state index < -0.39 is 0 Å². The van der Waals surface area contributed by atoms with Crippen LogP contribution >= 0.6 is 15.9 Å². The number of rotatable bonds is 6. The molecule has 1 aromatic heterocycles. The van der Waals surface area contributed by atoms with Crippen molar-refractivity contribution in [1.29, 1.82) is 0 Å². The SMILES string of the molecule is COc1ccc(Br)cc1Nc1nnc(CNC(C)C)o1. The molecule has 1 heterocycles. The molecule has 0 unspecified atom stereocenters. The zero-order valence-electron chi connectivity index (χ0n) is 11.6. The van der Waals surface area contributed by atoms with Gasteiger partial charge in [-0.3, -0.25) is 0 Å². The first kappa shape index (κ1) is 14.8. The third kappa shape index (κ3) is 3.94. The minimum atomic E-state index is 0.335. The molecule has 6 nitrogen and oxygen atoms in total. The van der Waals surface area contributed by atoms with E-state index in [-0.39, 0.29) is 0 Å². The first-order chi connectivity index (χ1) is 9.58. The fraction of sp³-hybridized carbons (Fsp3) is 0.385. The van der Waals surface area contributed by atoms with E-state index in [0.717, 1.165) is 10.2 Å². The number of halogens is 1. The molecule has 2 aromatic rings. The largest absolute Gasteiger partial charge is 0.495 e. The van der Waals surface area contributed by atoms with Crippen LogP contribution in [0.2, 0.25) is 0 Å². The Morgan fingerprint density at radius 1 is 1.35 bits per heavy atom. The second-order valence-corrected chi connectivity index (χ2v) is 5.42. The second-order valence-electron chi connectivity index (χ2n) is 4.51. The Kier molecular flexibility index (Phi) is 4.97. The molecule has 0 saturated carbocycles. The Labute approximate surface area is 126 Å². The molecule has 0 atom stereocenters. The highest BCUT2D eigenvalue weighted by molar-refractivity contribution is 9.10. The van der Waals surface area contributed by atoms with Crippen LogP contribution in [0.4, 0.5) is 11.7 Å². The molecular weight excluding hydrogens is 324 g/mol. The van der Waals surface area contributed by atoms with Crippen LogP contribution in [0.1, 0.15) is 19.7 Å². The Balaban J connectivity index is 2.08. The minimum absolute atomic E-state index is 0.335. The topological polar surface area (TPSA) is 72.2 Å². The van der Waals surface area contributed by atoms with Crippen LogP contribution in [0.15, 0.2) is 27.1 Å². The predicted molar refractivity (Wildman–Crippen MR) is 80.3 cm³/mol. The fourth-order valence-electron chi connectivity index (χ4n) is 1.56. The quantitative estimate of drug-likeness (QED) is 0.841. The average molecular weight is 341 g/mol. The number of hydrogen-bond donors (Lipinski definition) is 2. The molecule has 0 aliphatic heterocycles. The molecule has 0 bridgehead atoms. The van der Waals surface area contributed by atoms with Crippen LogP contribution in [0, 0.1) is 0 Å². The van der Waals surface area contributed by atoms with Crippen molar-refractivity contribution in [1.82, 2.24) is 15.5 Å².